The van der Waals surface area contributed by atoms with E-state index in [-0.39, 0.29) is 35.6 Å². The number of carbonyl (C=O) groups excluding carboxylic acids is 1. The number of anilines is 2. The molecule has 14 heteroatoms. The monoisotopic (exact) mass is 655 g/mol. The van der Waals surface area contributed by atoms with E-state index in [1.807, 2.05) is 23.1 Å². The smallest absolute Gasteiger partial charge is 0.323 e. The van der Waals surface area contributed by atoms with Gasteiger partial charge in [-0.25, -0.2) is 29.7 Å². The second-order valence-corrected chi connectivity index (χ2v) is 13.8. The maximum Gasteiger partial charge on any atom is 0.323 e. The van der Waals surface area contributed by atoms with Crippen LogP contribution < -0.4 is 20.3 Å². The van der Waals surface area contributed by atoms with Gasteiger partial charge in [0.2, 0.25) is 5.95 Å². The van der Waals surface area contributed by atoms with Gasteiger partial charge < -0.3 is 20.1 Å². The number of urea groups is 1. The number of ether oxygens (including phenoxy) is 2. The lowest BCUT2D eigenvalue weighted by Gasteiger charge is -2.37. The van der Waals surface area contributed by atoms with Crippen molar-refractivity contribution >= 4 is 17.8 Å². The summed E-state index contributed by atoms with van der Waals surface area (Å²) in [7, 11) is 1.52. The summed E-state index contributed by atoms with van der Waals surface area (Å²) in [5.41, 5.74) is 3.89. The normalized spacial score (nSPS) is 18.3. The number of nitrogens with zero attached hydrogens (tertiary/aromatic N) is 9. The van der Waals surface area contributed by atoms with E-state index in [4.69, 9.17) is 24.5 Å². The quantitative estimate of drug-likeness (QED) is 0.235. The molecule has 1 saturated heterocycles. The molecule has 0 radical (unpaired) electrons. The highest BCUT2D eigenvalue weighted by molar-refractivity contribution is 5.91. The molecule has 1 aliphatic heterocycles. The van der Waals surface area contributed by atoms with Gasteiger partial charge in [-0.1, -0.05) is 20.8 Å². The summed E-state index contributed by atoms with van der Waals surface area (Å²) in [5.74, 6) is 1.41. The molecule has 2 aliphatic rings. The van der Waals surface area contributed by atoms with Crippen LogP contribution in [0.2, 0.25) is 0 Å². The van der Waals surface area contributed by atoms with Crippen LogP contribution in [0.15, 0.2) is 43.2 Å². The highest BCUT2D eigenvalue weighted by Crippen LogP contribution is 2.33. The Morgan fingerprint density at radius 1 is 1.00 bits per heavy atom. The maximum absolute atomic E-state index is 13.6. The summed E-state index contributed by atoms with van der Waals surface area (Å²) in [5, 5.41) is 11.5. The lowest BCUT2D eigenvalue weighted by atomic mass is 9.86. The average Bonchev–Trinajstić information content (AvgIpc) is 3.56. The molecule has 0 spiro atoms. The standard InChI is InChI=1S/C34H45N11O3/c1-21(2)44-12-11-27(43-44)30-26(34(3,4)5)16-37-31(42-30)41-24-7-9-25(10-8-24)45(33(46)40-13-22-19-48-20-22)29-18-35-28(17-36-29)23-14-38-32(47-6)39-15-23/h11-12,14-18,21-22,24-25H,7-10,13,19-20H2,1-6H3,(H,40,46)(H,37,41,42). The summed E-state index contributed by atoms with van der Waals surface area (Å²) in [4.78, 5) is 42.7. The van der Waals surface area contributed by atoms with Crippen molar-refractivity contribution in [3.05, 3.63) is 48.8 Å². The zero-order chi connectivity index (χ0) is 33.8. The van der Waals surface area contributed by atoms with Crippen molar-refractivity contribution in [1.29, 1.82) is 0 Å². The van der Waals surface area contributed by atoms with E-state index in [1.165, 1.54) is 7.11 Å². The fourth-order valence-corrected chi connectivity index (χ4v) is 5.93. The molecule has 0 bridgehead atoms. The third-order valence-electron chi connectivity index (χ3n) is 8.83. The Morgan fingerprint density at radius 2 is 1.75 bits per heavy atom. The van der Waals surface area contributed by atoms with Crippen molar-refractivity contribution in [3.8, 4) is 28.7 Å². The first-order chi connectivity index (χ1) is 23.1. The van der Waals surface area contributed by atoms with Crippen molar-refractivity contribution in [1.82, 2.24) is 45.0 Å². The van der Waals surface area contributed by atoms with Gasteiger partial charge in [-0.3, -0.25) is 14.6 Å². The number of aromatic nitrogens is 8. The third-order valence-corrected chi connectivity index (χ3v) is 8.83. The Hall–Kier alpha value is -4.72. The number of methoxy groups -OCH3 is 1. The van der Waals surface area contributed by atoms with E-state index in [9.17, 15) is 4.79 Å². The molecule has 6 rings (SSSR count). The van der Waals surface area contributed by atoms with Crippen molar-refractivity contribution in [3.63, 3.8) is 0 Å². The van der Waals surface area contributed by atoms with Gasteiger partial charge in [0.1, 0.15) is 5.69 Å². The van der Waals surface area contributed by atoms with Crippen LogP contribution in [0.4, 0.5) is 16.6 Å². The molecule has 4 aromatic heterocycles. The summed E-state index contributed by atoms with van der Waals surface area (Å²) in [6, 6.07) is 2.48. The predicted octanol–water partition coefficient (Wildman–Crippen LogP) is 5.06. The van der Waals surface area contributed by atoms with Crippen molar-refractivity contribution in [2.75, 3.05) is 37.1 Å². The molecular weight excluding hydrogens is 610 g/mol. The van der Waals surface area contributed by atoms with Crippen molar-refractivity contribution in [2.24, 2.45) is 5.92 Å². The molecule has 1 aliphatic carbocycles. The Morgan fingerprint density at radius 3 is 2.33 bits per heavy atom. The molecule has 254 valence electrons. The molecule has 5 heterocycles. The van der Waals surface area contributed by atoms with Crippen LogP contribution in [0.1, 0.15) is 71.9 Å². The average molecular weight is 656 g/mol. The van der Waals surface area contributed by atoms with Gasteiger partial charge in [0.15, 0.2) is 5.82 Å². The summed E-state index contributed by atoms with van der Waals surface area (Å²) in [6.45, 7) is 12.6. The number of hydrogen-bond donors (Lipinski definition) is 2. The first-order valence-corrected chi connectivity index (χ1v) is 16.6. The Labute approximate surface area is 281 Å². The first-order valence-electron chi connectivity index (χ1n) is 16.6. The maximum atomic E-state index is 13.6. The van der Waals surface area contributed by atoms with Gasteiger partial charge in [0.25, 0.3) is 0 Å². The molecule has 1 saturated carbocycles. The van der Waals surface area contributed by atoms with Crippen LogP contribution in [0.25, 0.3) is 22.6 Å². The summed E-state index contributed by atoms with van der Waals surface area (Å²) in [6.07, 6.45) is 13.7. The fraction of sp³-hybridized carbons (Fsp3) is 0.529. The van der Waals surface area contributed by atoms with E-state index >= 15 is 0 Å². The molecule has 4 aromatic rings. The largest absolute Gasteiger partial charge is 0.467 e. The Kier molecular flexibility index (Phi) is 9.81. The van der Waals surface area contributed by atoms with Gasteiger partial charge in [-0.05, 0) is 51.0 Å². The minimum Gasteiger partial charge on any atom is -0.467 e. The van der Waals surface area contributed by atoms with E-state index in [0.29, 0.717) is 48.7 Å². The second kappa shape index (κ2) is 14.2. The molecule has 0 aromatic carbocycles. The van der Waals surface area contributed by atoms with Gasteiger partial charge in [0, 0.05) is 66.5 Å². The van der Waals surface area contributed by atoms with Crippen LogP contribution in [-0.2, 0) is 10.2 Å². The van der Waals surface area contributed by atoms with E-state index in [0.717, 1.165) is 42.6 Å². The molecule has 0 unspecified atom stereocenters. The van der Waals surface area contributed by atoms with Gasteiger partial charge in [0.05, 0.1) is 44.1 Å². The molecule has 0 atom stereocenters. The number of nitrogens with one attached hydrogen (secondary N) is 2. The van der Waals surface area contributed by atoms with Crippen LogP contribution in [-0.4, -0.2) is 84.7 Å². The molecule has 48 heavy (non-hydrogen) atoms. The Balaban J connectivity index is 1.16. The molecule has 14 nitrogen and oxygen atoms in total. The predicted molar refractivity (Wildman–Crippen MR) is 182 cm³/mol. The van der Waals surface area contributed by atoms with Gasteiger partial charge >= 0.3 is 12.0 Å². The summed E-state index contributed by atoms with van der Waals surface area (Å²) >= 11 is 0. The van der Waals surface area contributed by atoms with Crippen molar-refractivity contribution < 1.29 is 14.3 Å². The number of hydrogen-bond acceptors (Lipinski definition) is 11. The first kappa shape index (κ1) is 33.2. The van der Waals surface area contributed by atoms with E-state index in [2.05, 4.69) is 65.2 Å². The van der Waals surface area contributed by atoms with Gasteiger partial charge in [-0.2, -0.15) is 5.10 Å². The van der Waals surface area contributed by atoms with Crippen LogP contribution >= 0.6 is 0 Å². The lowest BCUT2D eigenvalue weighted by molar-refractivity contribution is -0.0293. The second-order valence-electron chi connectivity index (χ2n) is 13.8. The highest BCUT2D eigenvalue weighted by atomic mass is 16.5. The fourth-order valence-electron chi connectivity index (χ4n) is 5.93. The minimum atomic E-state index is -0.181. The molecule has 2 N–H and O–H groups in total. The third kappa shape index (κ3) is 7.53. The zero-order valence-electron chi connectivity index (χ0n) is 28.6. The summed E-state index contributed by atoms with van der Waals surface area (Å²) < 4.78 is 12.3. The number of carbonyl (C=O) groups is 1. The number of amides is 2. The highest BCUT2D eigenvalue weighted by Gasteiger charge is 2.33. The molecule has 2 amide bonds. The van der Waals surface area contributed by atoms with Crippen LogP contribution in [0, 0.1) is 5.92 Å². The lowest BCUT2D eigenvalue weighted by Crippen LogP contribution is -2.51. The molecular formula is C34H45N11O3. The van der Waals surface area contributed by atoms with E-state index in [1.54, 1.807) is 29.7 Å². The topological polar surface area (TPSA) is 158 Å². The Bertz CT molecular complexity index is 1670. The van der Waals surface area contributed by atoms with Gasteiger partial charge in [-0.15, -0.1) is 0 Å². The van der Waals surface area contributed by atoms with Crippen LogP contribution in [0.5, 0.6) is 6.01 Å². The van der Waals surface area contributed by atoms with Crippen LogP contribution in [0.3, 0.4) is 0 Å². The number of rotatable bonds is 10. The minimum absolute atomic E-state index is 0.0510. The zero-order valence-corrected chi connectivity index (χ0v) is 28.6. The molecule has 2 fully saturated rings. The SMILES string of the molecule is COc1ncc(-c2cnc(N(C(=O)NCC3COC3)C3CCC(Nc4ncc(C(C)(C)C)c(-c5ccn(C(C)C)n5)n4)CC3)cn2)cn1. The van der Waals surface area contributed by atoms with E-state index < -0.39 is 0 Å². The van der Waals surface area contributed by atoms with Crippen molar-refractivity contribution in [2.45, 2.75) is 83.8 Å².